The molecule has 1 heterocycles. The molecule has 178 valence electrons. The van der Waals surface area contributed by atoms with Crippen LogP contribution in [0, 0.1) is 0 Å². The zero-order valence-electron chi connectivity index (χ0n) is 19.0. The first-order chi connectivity index (χ1) is 15.9. The number of rotatable bonds is 10. The van der Waals surface area contributed by atoms with Crippen LogP contribution in [0.25, 0.3) is 0 Å². The van der Waals surface area contributed by atoms with Gasteiger partial charge < -0.3 is 21.5 Å². The molecule has 0 aliphatic heterocycles. The number of aromatic nitrogens is 1. The van der Waals surface area contributed by atoms with E-state index in [1.165, 1.54) is 4.90 Å². The summed E-state index contributed by atoms with van der Waals surface area (Å²) >= 11 is 0.806. The third kappa shape index (κ3) is 5.62. The van der Waals surface area contributed by atoms with Crippen molar-refractivity contribution in [2.24, 2.45) is 5.73 Å². The minimum atomic E-state index is -0.805. The average Bonchev–Trinajstić information content (AvgIpc) is 3.45. The lowest BCUT2D eigenvalue weighted by Gasteiger charge is -2.32. The van der Waals surface area contributed by atoms with Crippen molar-refractivity contribution in [2.45, 2.75) is 64.0 Å². The highest BCUT2D eigenvalue weighted by atomic mass is 32.1. The highest BCUT2D eigenvalue weighted by Crippen LogP contribution is 2.30. The Balaban J connectivity index is 2.02. The molecule has 0 radical (unpaired) electrons. The number of hydrogen-bond donors (Lipinski definition) is 3. The molecule has 1 aliphatic rings. The monoisotopic (exact) mass is 473 g/mol. The van der Waals surface area contributed by atoms with Crippen LogP contribution < -0.4 is 26.4 Å². The van der Waals surface area contributed by atoms with Gasteiger partial charge in [-0.1, -0.05) is 32.6 Å². The van der Waals surface area contributed by atoms with E-state index in [1.54, 1.807) is 31.4 Å². The Hall–Kier alpha value is -3.14. The van der Waals surface area contributed by atoms with Crippen molar-refractivity contribution in [3.8, 4) is 5.75 Å². The molecular formula is C23H31N5O4S. The third-order valence-electron chi connectivity index (χ3n) is 5.87. The number of nitrogen functional groups attached to an aromatic ring is 1. The molecule has 10 heteroatoms. The highest BCUT2D eigenvalue weighted by molar-refractivity contribution is 7.09. The summed E-state index contributed by atoms with van der Waals surface area (Å²) in [6, 6.07) is 6.28. The van der Waals surface area contributed by atoms with E-state index in [9.17, 15) is 14.4 Å². The van der Waals surface area contributed by atoms with Crippen LogP contribution in [-0.4, -0.2) is 41.3 Å². The number of carbonyl (C=O) groups is 3. The van der Waals surface area contributed by atoms with Crippen molar-refractivity contribution >= 4 is 40.6 Å². The van der Waals surface area contributed by atoms with Crippen LogP contribution in [0.2, 0.25) is 0 Å². The molecule has 1 saturated carbocycles. The van der Waals surface area contributed by atoms with Crippen LogP contribution in [0.5, 0.6) is 5.75 Å². The van der Waals surface area contributed by atoms with Gasteiger partial charge in [-0.05, 0) is 55.1 Å². The van der Waals surface area contributed by atoms with Gasteiger partial charge in [0, 0.05) is 11.7 Å². The normalized spacial score (nSPS) is 14.6. The van der Waals surface area contributed by atoms with Gasteiger partial charge in [0.15, 0.2) is 5.69 Å². The van der Waals surface area contributed by atoms with Crippen molar-refractivity contribution < 1.29 is 19.1 Å². The molecule has 0 spiro atoms. The van der Waals surface area contributed by atoms with Crippen LogP contribution in [-0.2, 0) is 4.79 Å². The number of nitrogens with one attached hydrogen (secondary N) is 1. The van der Waals surface area contributed by atoms with Gasteiger partial charge in [-0.15, -0.1) is 0 Å². The van der Waals surface area contributed by atoms with Gasteiger partial charge in [-0.3, -0.25) is 19.3 Å². The number of hydrogen-bond acceptors (Lipinski definition) is 7. The van der Waals surface area contributed by atoms with Gasteiger partial charge in [-0.2, -0.15) is 4.37 Å². The minimum absolute atomic E-state index is 0.0681. The topological polar surface area (TPSA) is 141 Å². The van der Waals surface area contributed by atoms with E-state index < -0.39 is 17.9 Å². The van der Waals surface area contributed by atoms with Crippen LogP contribution in [0.1, 0.15) is 72.0 Å². The maximum Gasteiger partial charge on any atom is 0.272 e. The Bertz CT molecular complexity index is 985. The number of primary amides is 1. The van der Waals surface area contributed by atoms with Crippen molar-refractivity contribution in [3.63, 3.8) is 0 Å². The number of unbranched alkanes of at least 4 members (excludes halogenated alkanes) is 1. The average molecular weight is 474 g/mol. The molecule has 3 amide bonds. The number of nitrogens with zero attached hydrogens (tertiary/aromatic N) is 2. The van der Waals surface area contributed by atoms with Crippen LogP contribution in [0.3, 0.4) is 0 Å². The second-order valence-corrected chi connectivity index (χ2v) is 8.93. The fourth-order valence-corrected chi connectivity index (χ4v) is 4.80. The van der Waals surface area contributed by atoms with Gasteiger partial charge in [0.1, 0.15) is 16.7 Å². The molecule has 9 nitrogen and oxygen atoms in total. The fourth-order valence-electron chi connectivity index (χ4n) is 4.06. The quantitative estimate of drug-likeness (QED) is 0.484. The lowest BCUT2D eigenvalue weighted by molar-refractivity contribution is -0.123. The van der Waals surface area contributed by atoms with Crippen LogP contribution in [0.4, 0.5) is 11.4 Å². The zero-order valence-corrected chi connectivity index (χ0v) is 19.8. The van der Waals surface area contributed by atoms with Crippen molar-refractivity contribution in [1.82, 2.24) is 9.69 Å². The molecule has 0 saturated heterocycles. The molecule has 1 aliphatic carbocycles. The second-order valence-electron chi connectivity index (χ2n) is 8.16. The van der Waals surface area contributed by atoms with Crippen LogP contribution >= 0.6 is 11.5 Å². The largest absolute Gasteiger partial charge is 0.497 e. The highest BCUT2D eigenvalue weighted by Gasteiger charge is 2.35. The van der Waals surface area contributed by atoms with Crippen molar-refractivity contribution in [3.05, 3.63) is 34.8 Å². The van der Waals surface area contributed by atoms with Gasteiger partial charge >= 0.3 is 0 Å². The number of amides is 3. The maximum absolute atomic E-state index is 13.8. The predicted octanol–water partition coefficient (Wildman–Crippen LogP) is 3.10. The van der Waals surface area contributed by atoms with Gasteiger partial charge in [-0.25, -0.2) is 0 Å². The number of carbonyl (C=O) groups excluding carboxylic acids is 3. The standard InChI is InChI=1S/C23H31N5O4S/c1-3-4-9-17(22(30)26-14-7-5-6-8-14)28(15-10-12-16(32-2)13-11-15)23(31)20-18(24)19(21(25)29)27-33-20/h10-14,17H,3-9,24H2,1-2H3,(H2,25,29)(H,26,30)/t17-/m1/s1. The first kappa shape index (κ1) is 24.5. The summed E-state index contributed by atoms with van der Waals surface area (Å²) in [6.45, 7) is 2.03. The Morgan fingerprint density at radius 3 is 2.45 bits per heavy atom. The SMILES string of the molecule is CCCC[C@H](C(=O)NC1CCCC1)N(C(=O)c1snc(C(N)=O)c1N)c1ccc(OC)cc1. The van der Waals surface area contributed by atoms with Gasteiger partial charge in [0.25, 0.3) is 11.8 Å². The number of benzene rings is 1. The zero-order chi connectivity index (χ0) is 24.0. The molecule has 0 unspecified atom stereocenters. The van der Waals surface area contributed by atoms with E-state index in [-0.39, 0.29) is 28.2 Å². The van der Waals surface area contributed by atoms with Gasteiger partial charge in [0.05, 0.1) is 12.8 Å². The summed E-state index contributed by atoms with van der Waals surface area (Å²) in [6.07, 6.45) is 6.14. The van der Waals surface area contributed by atoms with E-state index in [2.05, 4.69) is 9.69 Å². The van der Waals surface area contributed by atoms with E-state index >= 15 is 0 Å². The molecule has 1 fully saturated rings. The van der Waals surface area contributed by atoms with Crippen molar-refractivity contribution in [2.75, 3.05) is 17.7 Å². The van der Waals surface area contributed by atoms with E-state index in [1.807, 2.05) is 6.92 Å². The smallest absolute Gasteiger partial charge is 0.272 e. The maximum atomic E-state index is 13.8. The van der Waals surface area contributed by atoms with E-state index in [4.69, 9.17) is 16.2 Å². The van der Waals surface area contributed by atoms with E-state index in [0.29, 0.717) is 17.9 Å². The Morgan fingerprint density at radius 1 is 1.24 bits per heavy atom. The number of anilines is 2. The fraction of sp³-hybridized carbons (Fsp3) is 0.478. The summed E-state index contributed by atoms with van der Waals surface area (Å²) in [4.78, 5) is 40.3. The molecule has 5 N–H and O–H groups in total. The summed E-state index contributed by atoms with van der Waals surface area (Å²) in [7, 11) is 1.56. The third-order valence-corrected chi connectivity index (χ3v) is 6.72. The predicted molar refractivity (Wildman–Crippen MR) is 129 cm³/mol. The molecule has 33 heavy (non-hydrogen) atoms. The number of ether oxygens (including phenoxy) is 1. The molecular weight excluding hydrogens is 442 g/mol. The molecule has 3 rings (SSSR count). The first-order valence-electron chi connectivity index (χ1n) is 11.2. The summed E-state index contributed by atoms with van der Waals surface area (Å²) in [5, 5.41) is 3.13. The lowest BCUT2D eigenvalue weighted by Crippen LogP contribution is -2.51. The molecule has 2 aromatic rings. The molecule has 1 aromatic carbocycles. The summed E-state index contributed by atoms with van der Waals surface area (Å²) in [5.74, 6) is -0.872. The first-order valence-corrected chi connectivity index (χ1v) is 12.0. The lowest BCUT2D eigenvalue weighted by atomic mass is 10.0. The Morgan fingerprint density at radius 2 is 1.91 bits per heavy atom. The van der Waals surface area contributed by atoms with Crippen LogP contribution in [0.15, 0.2) is 24.3 Å². The van der Waals surface area contributed by atoms with E-state index in [0.717, 1.165) is 50.1 Å². The van der Waals surface area contributed by atoms with Gasteiger partial charge in [0.2, 0.25) is 5.91 Å². The molecule has 0 bridgehead atoms. The van der Waals surface area contributed by atoms with Crippen molar-refractivity contribution in [1.29, 1.82) is 0 Å². The summed E-state index contributed by atoms with van der Waals surface area (Å²) < 4.78 is 9.21. The Kier molecular flexibility index (Phi) is 8.26. The molecule has 1 atom stereocenters. The number of nitrogens with two attached hydrogens (primary N) is 2. The minimum Gasteiger partial charge on any atom is -0.497 e. The molecule has 1 aromatic heterocycles. The Labute approximate surface area is 197 Å². The summed E-state index contributed by atoms with van der Waals surface area (Å²) in [5.41, 5.74) is 11.7. The number of methoxy groups -OCH3 is 1. The second kappa shape index (κ2) is 11.1.